The Balaban J connectivity index is 1.43. The van der Waals surface area contributed by atoms with Crippen LogP contribution in [0.3, 0.4) is 0 Å². The van der Waals surface area contributed by atoms with Gasteiger partial charge in [0.05, 0.1) is 11.1 Å². The SMILES string of the molecule is CN1CCN(C2(CNC(=O)c3cn(-c4ncccn4)c4cccc(F)c34)CCCCC2)CC1. The van der Waals surface area contributed by atoms with Gasteiger partial charge in [0.2, 0.25) is 5.95 Å². The van der Waals surface area contributed by atoms with Gasteiger partial charge in [0.25, 0.3) is 5.91 Å². The fraction of sp³-hybridized carbons (Fsp3) is 0.480. The zero-order valence-corrected chi connectivity index (χ0v) is 19.1. The molecule has 0 unspecified atom stereocenters. The second-order valence-corrected chi connectivity index (χ2v) is 9.35. The van der Waals surface area contributed by atoms with E-state index in [0.717, 1.165) is 39.0 Å². The molecule has 1 saturated heterocycles. The van der Waals surface area contributed by atoms with E-state index in [2.05, 4.69) is 32.1 Å². The van der Waals surface area contributed by atoms with E-state index >= 15 is 0 Å². The summed E-state index contributed by atoms with van der Waals surface area (Å²) in [7, 11) is 2.16. The number of hydrogen-bond donors (Lipinski definition) is 1. The Morgan fingerprint density at radius 1 is 1.06 bits per heavy atom. The summed E-state index contributed by atoms with van der Waals surface area (Å²) in [5, 5.41) is 3.49. The Labute approximate surface area is 193 Å². The maximum atomic E-state index is 14.9. The standard InChI is InChI=1S/C25H31FN6O/c1-30-13-15-31(16-14-30)25(9-3-2-4-10-25)18-29-23(33)19-17-32(24-27-11-6-12-28-24)21-8-5-7-20(26)22(19)21/h5-8,11-12,17H,2-4,9-10,13-16,18H2,1H3,(H,29,33). The molecule has 1 saturated carbocycles. The average Bonchev–Trinajstić information content (AvgIpc) is 3.25. The van der Waals surface area contributed by atoms with E-state index in [-0.39, 0.29) is 11.4 Å². The molecule has 33 heavy (non-hydrogen) atoms. The van der Waals surface area contributed by atoms with Crippen LogP contribution in [0.25, 0.3) is 16.9 Å². The van der Waals surface area contributed by atoms with Crippen molar-refractivity contribution in [2.75, 3.05) is 39.8 Å². The molecular weight excluding hydrogens is 419 g/mol. The van der Waals surface area contributed by atoms with Crippen molar-refractivity contribution in [1.29, 1.82) is 0 Å². The molecule has 1 amide bonds. The first-order valence-corrected chi connectivity index (χ1v) is 11.9. The molecule has 0 radical (unpaired) electrons. The quantitative estimate of drug-likeness (QED) is 0.647. The van der Waals surface area contributed by atoms with Gasteiger partial charge in [0, 0.05) is 62.2 Å². The van der Waals surface area contributed by atoms with Crippen LogP contribution in [-0.4, -0.2) is 75.6 Å². The normalized spacial score (nSPS) is 19.6. The van der Waals surface area contributed by atoms with Gasteiger partial charge in [0.1, 0.15) is 5.82 Å². The molecule has 5 rings (SSSR count). The molecular formula is C25H31FN6O. The van der Waals surface area contributed by atoms with Gasteiger partial charge < -0.3 is 10.2 Å². The second-order valence-electron chi connectivity index (χ2n) is 9.35. The Hall–Kier alpha value is -2.84. The molecule has 0 atom stereocenters. The lowest BCUT2D eigenvalue weighted by molar-refractivity contribution is 0.0139. The second kappa shape index (κ2) is 9.19. The lowest BCUT2D eigenvalue weighted by Gasteiger charge is -2.49. The molecule has 1 aliphatic carbocycles. The number of nitrogens with zero attached hydrogens (tertiary/aromatic N) is 5. The van der Waals surface area contributed by atoms with Crippen LogP contribution in [0, 0.1) is 5.82 Å². The minimum Gasteiger partial charge on any atom is -0.350 e. The molecule has 1 aliphatic heterocycles. The first-order valence-electron chi connectivity index (χ1n) is 11.9. The van der Waals surface area contributed by atoms with Crippen molar-refractivity contribution in [3.05, 3.63) is 54.2 Å². The Morgan fingerprint density at radius 3 is 2.52 bits per heavy atom. The number of aromatic nitrogens is 3. The van der Waals surface area contributed by atoms with Crippen LogP contribution < -0.4 is 5.32 Å². The maximum Gasteiger partial charge on any atom is 0.253 e. The summed E-state index contributed by atoms with van der Waals surface area (Å²) in [4.78, 5) is 26.9. The number of piperazine rings is 1. The molecule has 7 nitrogen and oxygen atoms in total. The molecule has 1 N–H and O–H groups in total. The van der Waals surface area contributed by atoms with Gasteiger partial charge in [-0.15, -0.1) is 0 Å². The highest BCUT2D eigenvalue weighted by Gasteiger charge is 2.39. The topological polar surface area (TPSA) is 66.3 Å². The number of hydrogen-bond acceptors (Lipinski definition) is 5. The van der Waals surface area contributed by atoms with Crippen molar-refractivity contribution in [3.63, 3.8) is 0 Å². The molecule has 3 heterocycles. The maximum absolute atomic E-state index is 14.9. The number of halogens is 1. The van der Waals surface area contributed by atoms with Gasteiger partial charge in [0.15, 0.2) is 0 Å². The summed E-state index contributed by atoms with van der Waals surface area (Å²) in [5.74, 6) is -0.258. The number of rotatable bonds is 5. The van der Waals surface area contributed by atoms with Gasteiger partial charge in [-0.1, -0.05) is 25.3 Å². The largest absolute Gasteiger partial charge is 0.350 e. The highest BCUT2D eigenvalue weighted by Crippen LogP contribution is 2.34. The summed E-state index contributed by atoms with van der Waals surface area (Å²) >= 11 is 0. The highest BCUT2D eigenvalue weighted by molar-refractivity contribution is 6.07. The van der Waals surface area contributed by atoms with E-state index in [4.69, 9.17) is 0 Å². The zero-order chi connectivity index (χ0) is 22.8. The van der Waals surface area contributed by atoms with Gasteiger partial charge in [-0.2, -0.15) is 0 Å². The van der Waals surface area contributed by atoms with Gasteiger partial charge in [-0.3, -0.25) is 14.3 Å². The number of benzene rings is 1. The first-order chi connectivity index (χ1) is 16.1. The predicted molar refractivity (Wildman–Crippen MR) is 126 cm³/mol. The lowest BCUT2D eigenvalue weighted by atomic mass is 9.79. The third kappa shape index (κ3) is 4.25. The number of nitrogens with one attached hydrogen (secondary N) is 1. The number of likely N-dealkylation sites (N-methyl/N-ethyl adjacent to an activating group) is 1. The van der Waals surface area contributed by atoms with Crippen LogP contribution in [-0.2, 0) is 0 Å². The Morgan fingerprint density at radius 2 is 1.79 bits per heavy atom. The van der Waals surface area contributed by atoms with E-state index < -0.39 is 5.82 Å². The fourth-order valence-corrected chi connectivity index (χ4v) is 5.43. The van der Waals surface area contributed by atoms with Crippen molar-refractivity contribution >= 4 is 16.8 Å². The third-order valence-corrected chi connectivity index (χ3v) is 7.33. The van der Waals surface area contributed by atoms with Crippen molar-refractivity contribution in [2.24, 2.45) is 0 Å². The van der Waals surface area contributed by atoms with Crippen LogP contribution in [0.1, 0.15) is 42.5 Å². The molecule has 174 valence electrons. The van der Waals surface area contributed by atoms with E-state index in [1.54, 1.807) is 41.4 Å². The molecule has 1 aromatic carbocycles. The van der Waals surface area contributed by atoms with Crippen molar-refractivity contribution in [1.82, 2.24) is 29.7 Å². The molecule has 2 fully saturated rings. The number of fused-ring (bicyclic) bond motifs is 1. The number of carbonyl (C=O) groups excluding carboxylic acids is 1. The monoisotopic (exact) mass is 450 g/mol. The molecule has 3 aromatic rings. The van der Waals surface area contributed by atoms with E-state index in [1.165, 1.54) is 25.3 Å². The van der Waals surface area contributed by atoms with Gasteiger partial charge in [-0.25, -0.2) is 14.4 Å². The molecule has 8 heteroatoms. The fourth-order valence-electron chi connectivity index (χ4n) is 5.43. The highest BCUT2D eigenvalue weighted by atomic mass is 19.1. The van der Waals surface area contributed by atoms with Gasteiger partial charge >= 0.3 is 0 Å². The minimum absolute atomic E-state index is 0.0192. The van der Waals surface area contributed by atoms with Crippen molar-refractivity contribution in [2.45, 2.75) is 37.6 Å². The Bertz CT molecular complexity index is 1120. The smallest absolute Gasteiger partial charge is 0.253 e. The van der Waals surface area contributed by atoms with Crippen LogP contribution in [0.2, 0.25) is 0 Å². The molecule has 2 aliphatic rings. The summed E-state index contributed by atoms with van der Waals surface area (Å²) in [6, 6.07) is 6.55. The first kappa shape index (κ1) is 22.0. The minimum atomic E-state index is -0.418. The van der Waals surface area contributed by atoms with Crippen molar-refractivity contribution < 1.29 is 9.18 Å². The van der Waals surface area contributed by atoms with Crippen molar-refractivity contribution in [3.8, 4) is 5.95 Å². The van der Waals surface area contributed by atoms with Gasteiger partial charge in [-0.05, 0) is 38.1 Å². The average molecular weight is 451 g/mol. The van der Waals surface area contributed by atoms with E-state index in [0.29, 0.717) is 29.0 Å². The van der Waals surface area contributed by atoms with Crippen LogP contribution in [0.15, 0.2) is 42.9 Å². The Kier molecular flexibility index (Phi) is 6.12. The molecule has 0 bridgehead atoms. The van der Waals surface area contributed by atoms with E-state index in [9.17, 15) is 9.18 Å². The third-order valence-electron chi connectivity index (χ3n) is 7.33. The lowest BCUT2D eigenvalue weighted by Crippen LogP contribution is -2.61. The summed E-state index contributed by atoms with van der Waals surface area (Å²) in [5.41, 5.74) is 0.881. The zero-order valence-electron chi connectivity index (χ0n) is 19.1. The van der Waals surface area contributed by atoms with Crippen LogP contribution in [0.5, 0.6) is 0 Å². The number of amides is 1. The van der Waals surface area contributed by atoms with Crippen LogP contribution in [0.4, 0.5) is 4.39 Å². The van der Waals surface area contributed by atoms with Crippen LogP contribution >= 0.6 is 0 Å². The summed E-state index contributed by atoms with van der Waals surface area (Å²) in [6.07, 6.45) is 10.7. The number of carbonyl (C=O) groups is 1. The molecule has 2 aromatic heterocycles. The van der Waals surface area contributed by atoms with E-state index in [1.807, 2.05) is 0 Å². The molecule has 0 spiro atoms. The summed E-state index contributed by atoms with van der Waals surface area (Å²) < 4.78 is 16.6. The predicted octanol–water partition coefficient (Wildman–Crippen LogP) is 3.24. The summed E-state index contributed by atoms with van der Waals surface area (Å²) in [6.45, 7) is 4.72.